The Balaban J connectivity index is 4.50. The monoisotopic (exact) mass is 813 g/mol. The number of hydrogen-bond donors (Lipinski definition) is 3. The predicted molar refractivity (Wildman–Crippen MR) is 224 cm³/mol. The normalized spacial score (nSPS) is 14.2. The van der Waals surface area contributed by atoms with E-state index in [2.05, 4.69) is 42.7 Å². The predicted octanol–water partition coefficient (Wildman–Crippen LogP) is 10.5. The number of carbonyl (C=O) groups excluding carboxylic acids is 3. The summed E-state index contributed by atoms with van der Waals surface area (Å²) in [4.78, 5) is 47.2. The highest BCUT2D eigenvalue weighted by molar-refractivity contribution is 7.47. The van der Waals surface area contributed by atoms with Gasteiger partial charge in [0.1, 0.15) is 12.7 Å². The van der Waals surface area contributed by atoms with Gasteiger partial charge in [0.15, 0.2) is 11.9 Å². The van der Waals surface area contributed by atoms with Gasteiger partial charge in [-0.1, -0.05) is 159 Å². The molecule has 12 heteroatoms. The number of aliphatic hydroxyl groups excluding tert-OH is 2. The lowest BCUT2D eigenvalue weighted by Crippen LogP contribution is -2.30. The number of unbranched alkanes of at least 4 members (excludes halogenated alkanes) is 17. The Hall–Kier alpha value is -2.40. The number of carbonyl (C=O) groups is 3. The van der Waals surface area contributed by atoms with Crippen LogP contribution in [0.15, 0.2) is 48.6 Å². The lowest BCUT2D eigenvalue weighted by atomic mass is 10.0. The zero-order chi connectivity index (χ0) is 41.4. The maximum atomic E-state index is 12.6. The van der Waals surface area contributed by atoms with Gasteiger partial charge in [0.25, 0.3) is 0 Å². The first-order valence-corrected chi connectivity index (χ1v) is 23.0. The smallest absolute Gasteiger partial charge is 0.462 e. The van der Waals surface area contributed by atoms with Crippen molar-refractivity contribution >= 4 is 25.5 Å². The van der Waals surface area contributed by atoms with Crippen LogP contribution < -0.4 is 0 Å². The third-order valence-corrected chi connectivity index (χ3v) is 9.91. The Morgan fingerprint density at radius 3 is 1.71 bits per heavy atom. The number of ether oxygens (including phenoxy) is 2. The molecule has 0 amide bonds. The molecule has 3 atom stereocenters. The topological polar surface area (TPSA) is 166 Å². The average Bonchev–Trinajstić information content (AvgIpc) is 3.18. The fraction of sp³-hybridized carbons (Fsp3) is 0.750. The van der Waals surface area contributed by atoms with E-state index in [4.69, 9.17) is 19.1 Å². The van der Waals surface area contributed by atoms with Crippen LogP contribution in [0.5, 0.6) is 0 Å². The van der Waals surface area contributed by atoms with E-state index in [1.807, 2.05) is 6.08 Å². The second kappa shape index (κ2) is 39.4. The molecule has 0 bridgehead atoms. The highest BCUT2D eigenvalue weighted by Gasteiger charge is 2.27. The molecule has 11 nitrogen and oxygen atoms in total. The second-order valence-electron chi connectivity index (χ2n) is 14.4. The molecule has 0 heterocycles. The van der Waals surface area contributed by atoms with Crippen LogP contribution in [0.3, 0.4) is 0 Å². The van der Waals surface area contributed by atoms with Gasteiger partial charge in [-0.25, -0.2) is 4.57 Å². The van der Waals surface area contributed by atoms with Crippen LogP contribution in [0.2, 0.25) is 0 Å². The molecule has 0 aromatic carbocycles. The highest BCUT2D eigenvalue weighted by atomic mass is 31.2. The van der Waals surface area contributed by atoms with Crippen molar-refractivity contribution in [1.29, 1.82) is 0 Å². The molecule has 0 spiro atoms. The van der Waals surface area contributed by atoms with Gasteiger partial charge in [-0.05, 0) is 44.6 Å². The van der Waals surface area contributed by atoms with Crippen LogP contribution in [0.25, 0.3) is 0 Å². The van der Waals surface area contributed by atoms with Gasteiger partial charge in [-0.2, -0.15) is 0 Å². The van der Waals surface area contributed by atoms with E-state index >= 15 is 0 Å². The van der Waals surface area contributed by atoms with Crippen molar-refractivity contribution in [3.05, 3.63) is 48.6 Å². The molecule has 56 heavy (non-hydrogen) atoms. The second-order valence-corrected chi connectivity index (χ2v) is 15.9. The Labute approximate surface area is 339 Å². The largest absolute Gasteiger partial charge is 0.472 e. The van der Waals surface area contributed by atoms with Gasteiger partial charge in [0.05, 0.1) is 19.8 Å². The Bertz CT molecular complexity index is 1130. The lowest BCUT2D eigenvalue weighted by molar-refractivity contribution is -0.161. The van der Waals surface area contributed by atoms with Gasteiger partial charge in [0.2, 0.25) is 0 Å². The number of esters is 2. The van der Waals surface area contributed by atoms with E-state index < -0.39 is 58.4 Å². The van der Waals surface area contributed by atoms with Crippen LogP contribution in [-0.2, 0) is 37.5 Å². The average molecular weight is 813 g/mol. The number of aliphatic hydroxyl groups is 2. The summed E-state index contributed by atoms with van der Waals surface area (Å²) in [5.41, 5.74) is 0. The van der Waals surface area contributed by atoms with E-state index in [0.717, 1.165) is 38.5 Å². The van der Waals surface area contributed by atoms with E-state index in [9.17, 15) is 28.9 Å². The van der Waals surface area contributed by atoms with Crippen LogP contribution in [0.1, 0.15) is 174 Å². The third kappa shape index (κ3) is 38.5. The van der Waals surface area contributed by atoms with Gasteiger partial charge in [0, 0.05) is 19.3 Å². The summed E-state index contributed by atoms with van der Waals surface area (Å²) >= 11 is 0. The number of phosphoric acid groups is 1. The summed E-state index contributed by atoms with van der Waals surface area (Å²) in [7, 11) is -4.68. The minimum absolute atomic E-state index is 0.104. The maximum Gasteiger partial charge on any atom is 0.472 e. The van der Waals surface area contributed by atoms with Crippen molar-refractivity contribution in [1.82, 2.24) is 0 Å². The minimum atomic E-state index is -4.68. The molecule has 324 valence electrons. The van der Waals surface area contributed by atoms with Crippen LogP contribution in [-0.4, -0.2) is 71.5 Å². The zero-order valence-electron chi connectivity index (χ0n) is 34.8. The molecule has 0 aliphatic carbocycles. The number of allylic oxidation sites excluding steroid dienone is 8. The first-order chi connectivity index (χ1) is 27.1. The Morgan fingerprint density at radius 2 is 1.11 bits per heavy atom. The fourth-order valence-corrected chi connectivity index (χ4v) is 6.38. The van der Waals surface area contributed by atoms with Crippen molar-refractivity contribution in [3.8, 4) is 0 Å². The number of phosphoric ester groups is 1. The molecule has 0 saturated heterocycles. The fourth-order valence-electron chi connectivity index (χ4n) is 5.59. The van der Waals surface area contributed by atoms with Crippen molar-refractivity contribution in [3.63, 3.8) is 0 Å². The molecule has 0 rings (SSSR count). The van der Waals surface area contributed by atoms with Gasteiger partial charge >= 0.3 is 19.8 Å². The van der Waals surface area contributed by atoms with Gasteiger partial charge < -0.3 is 24.6 Å². The van der Waals surface area contributed by atoms with Crippen LogP contribution in [0.4, 0.5) is 0 Å². The standard InChI is InChI=1S/C44H77O11P/c1-3-5-7-9-11-13-15-17-18-20-22-24-26-28-30-34-43(48)52-38-42(39-54-56(50,51)53-37-41(47)36-45)55-44(49)35-31-33-40(46)32-29-27-25-23-21-19-16-14-12-10-8-6-4-2/h12,14,19,21,25,27,29,32,41-42,45,47H,3-11,13,15-18,20,22-24,26,28,30-31,33-39H2,1-2H3,(H,50,51)/b14-12-,21-19-,27-25-,32-29+/t41-,42+/m0/s1. The van der Waals surface area contributed by atoms with Crippen molar-refractivity contribution in [2.75, 3.05) is 26.4 Å². The maximum absolute atomic E-state index is 12.6. The van der Waals surface area contributed by atoms with Crippen molar-refractivity contribution in [2.45, 2.75) is 187 Å². The highest BCUT2D eigenvalue weighted by Crippen LogP contribution is 2.43. The van der Waals surface area contributed by atoms with Gasteiger partial charge in [-0.3, -0.25) is 23.4 Å². The molecular formula is C44H77O11P. The molecule has 0 saturated carbocycles. The first-order valence-electron chi connectivity index (χ1n) is 21.5. The lowest BCUT2D eigenvalue weighted by Gasteiger charge is -2.20. The molecule has 0 radical (unpaired) electrons. The summed E-state index contributed by atoms with van der Waals surface area (Å²) in [6, 6.07) is 0. The molecule has 1 unspecified atom stereocenters. The molecule has 0 fully saturated rings. The molecule has 0 aliphatic rings. The Kier molecular flexibility index (Phi) is 37.7. The summed E-state index contributed by atoms with van der Waals surface area (Å²) in [5, 5.41) is 18.3. The number of hydrogen-bond acceptors (Lipinski definition) is 10. The zero-order valence-corrected chi connectivity index (χ0v) is 35.7. The number of ketones is 1. The molecular weight excluding hydrogens is 735 g/mol. The Morgan fingerprint density at radius 1 is 0.589 bits per heavy atom. The van der Waals surface area contributed by atoms with Crippen molar-refractivity contribution in [2.24, 2.45) is 0 Å². The van der Waals surface area contributed by atoms with Crippen LogP contribution in [0, 0.1) is 0 Å². The van der Waals surface area contributed by atoms with Gasteiger partial charge in [-0.15, -0.1) is 0 Å². The van der Waals surface area contributed by atoms with E-state index in [0.29, 0.717) is 6.42 Å². The summed E-state index contributed by atoms with van der Waals surface area (Å²) < 4.78 is 32.5. The van der Waals surface area contributed by atoms with Crippen LogP contribution >= 0.6 is 7.82 Å². The number of rotatable bonds is 40. The minimum Gasteiger partial charge on any atom is -0.462 e. The SMILES string of the molecule is CCCCC/C=C\C/C=C\C/C=C\C=C\C(=O)CCCC(=O)O[C@H](COC(=O)CCCCCCCCCCCCCCCCC)COP(=O)(O)OC[C@@H](O)CO. The quantitative estimate of drug-likeness (QED) is 0.0135. The van der Waals surface area contributed by atoms with Crippen molar-refractivity contribution < 1.29 is 52.6 Å². The van der Waals surface area contributed by atoms with E-state index in [-0.39, 0.29) is 31.5 Å². The molecule has 0 aromatic heterocycles. The summed E-state index contributed by atoms with van der Waals surface area (Å²) in [5.74, 6) is -1.33. The van der Waals surface area contributed by atoms with E-state index in [1.54, 1.807) is 12.2 Å². The first kappa shape index (κ1) is 53.6. The van der Waals surface area contributed by atoms with E-state index in [1.165, 1.54) is 96.0 Å². The third-order valence-electron chi connectivity index (χ3n) is 8.96. The summed E-state index contributed by atoms with van der Waals surface area (Å²) in [6.45, 7) is 2.08. The molecule has 0 aromatic rings. The molecule has 3 N–H and O–H groups in total. The summed E-state index contributed by atoms with van der Waals surface area (Å²) in [6.07, 6.45) is 38.0. The molecule has 0 aliphatic heterocycles.